The summed E-state index contributed by atoms with van der Waals surface area (Å²) >= 11 is 1.72. The topological polar surface area (TPSA) is 58.5 Å². The summed E-state index contributed by atoms with van der Waals surface area (Å²) in [6, 6.07) is 5.11. The van der Waals surface area contributed by atoms with Gasteiger partial charge in [0.05, 0.1) is 11.6 Å². The van der Waals surface area contributed by atoms with Gasteiger partial charge in [-0.05, 0) is 26.3 Å². The maximum atomic E-state index is 12.6. The van der Waals surface area contributed by atoms with E-state index in [1.54, 1.807) is 23.5 Å². The first-order chi connectivity index (χ1) is 13.0. The molecule has 0 saturated carbocycles. The minimum Gasteiger partial charge on any atom is -0.434 e. The van der Waals surface area contributed by atoms with Crippen LogP contribution in [0.15, 0.2) is 29.4 Å². The Hall–Kier alpha value is -1.49. The number of benzene rings is 1. The molecule has 0 bridgehead atoms. The first-order valence-electron chi connectivity index (χ1n) is 9.01. The second kappa shape index (κ2) is 12.9. The highest BCUT2D eigenvalue weighted by molar-refractivity contribution is 14.0. The number of guanidine groups is 1. The molecule has 0 aliphatic rings. The van der Waals surface area contributed by atoms with Crippen molar-refractivity contribution in [3.8, 4) is 5.75 Å². The molecule has 0 fully saturated rings. The van der Waals surface area contributed by atoms with E-state index in [0.29, 0.717) is 24.6 Å². The molecule has 5 nitrogen and oxygen atoms in total. The van der Waals surface area contributed by atoms with Crippen LogP contribution in [0.25, 0.3) is 0 Å². The van der Waals surface area contributed by atoms with Crippen molar-refractivity contribution in [1.29, 1.82) is 0 Å². The summed E-state index contributed by atoms with van der Waals surface area (Å²) in [5, 5.41) is 7.51. The molecule has 1 aromatic carbocycles. The number of hydrogen-bond acceptors (Lipinski definition) is 4. The van der Waals surface area contributed by atoms with Gasteiger partial charge in [-0.2, -0.15) is 8.78 Å². The van der Waals surface area contributed by atoms with Crippen LogP contribution >= 0.6 is 35.3 Å². The summed E-state index contributed by atoms with van der Waals surface area (Å²) in [5.41, 5.74) is 1.59. The number of aromatic nitrogens is 1. The predicted molar refractivity (Wildman–Crippen MR) is 121 cm³/mol. The molecule has 2 N–H and O–H groups in total. The summed E-state index contributed by atoms with van der Waals surface area (Å²) in [5.74, 6) is 0.791. The fourth-order valence-corrected chi connectivity index (χ4v) is 3.33. The normalized spacial score (nSPS) is 11.3. The van der Waals surface area contributed by atoms with Crippen molar-refractivity contribution in [1.82, 2.24) is 15.6 Å². The molecule has 0 saturated heterocycles. The number of aryl methyl sites for hydroxylation is 2. The zero-order valence-corrected chi connectivity index (χ0v) is 19.4. The Bertz CT molecular complexity index is 755. The molecule has 2 rings (SSSR count). The number of aliphatic imine (C=N–C) groups is 1. The van der Waals surface area contributed by atoms with Crippen molar-refractivity contribution < 1.29 is 13.5 Å². The van der Waals surface area contributed by atoms with E-state index in [-0.39, 0.29) is 36.3 Å². The predicted octanol–water partition coefficient (Wildman–Crippen LogP) is 4.53. The van der Waals surface area contributed by atoms with E-state index >= 15 is 0 Å². The van der Waals surface area contributed by atoms with Crippen molar-refractivity contribution in [2.75, 3.05) is 13.1 Å². The molecule has 0 atom stereocenters. The summed E-state index contributed by atoms with van der Waals surface area (Å²) in [6.07, 6.45) is 3.72. The average molecular weight is 524 g/mol. The second-order valence-corrected chi connectivity index (χ2v) is 7.14. The number of rotatable bonds is 9. The lowest BCUT2D eigenvalue weighted by Gasteiger charge is -2.13. The van der Waals surface area contributed by atoms with Gasteiger partial charge in [0.2, 0.25) is 0 Å². The zero-order chi connectivity index (χ0) is 19.6. The lowest BCUT2D eigenvalue weighted by atomic mass is 10.1. The lowest BCUT2D eigenvalue weighted by Crippen LogP contribution is -2.38. The largest absolute Gasteiger partial charge is 0.434 e. The van der Waals surface area contributed by atoms with Gasteiger partial charge in [0.15, 0.2) is 5.96 Å². The van der Waals surface area contributed by atoms with Crippen LogP contribution in [-0.4, -0.2) is 30.6 Å². The van der Waals surface area contributed by atoms with Crippen molar-refractivity contribution in [3.05, 3.63) is 45.4 Å². The van der Waals surface area contributed by atoms with Crippen LogP contribution in [0.3, 0.4) is 0 Å². The fourth-order valence-electron chi connectivity index (χ4n) is 2.46. The molecule has 0 aliphatic carbocycles. The minimum atomic E-state index is -2.85. The molecule has 28 heavy (non-hydrogen) atoms. The zero-order valence-electron chi connectivity index (χ0n) is 16.3. The molecule has 0 unspecified atom stereocenters. The summed E-state index contributed by atoms with van der Waals surface area (Å²) < 4.78 is 29.8. The fraction of sp³-hybridized carbons (Fsp3) is 0.474. The van der Waals surface area contributed by atoms with Gasteiger partial charge in [0, 0.05) is 36.1 Å². The SMILES string of the molecule is CCNC(=NCc1cc(C)ccc1OC(F)F)NCCc1ncc(CC)s1.I. The molecule has 9 heteroatoms. The number of nitrogens with zero attached hydrogens (tertiary/aromatic N) is 2. The molecule has 0 amide bonds. The van der Waals surface area contributed by atoms with Crippen molar-refractivity contribution in [2.45, 2.75) is 46.8 Å². The van der Waals surface area contributed by atoms with Gasteiger partial charge in [-0.15, -0.1) is 35.3 Å². The van der Waals surface area contributed by atoms with Crippen LogP contribution in [0.2, 0.25) is 0 Å². The number of hydrogen-bond donors (Lipinski definition) is 2. The van der Waals surface area contributed by atoms with Crippen LogP contribution in [0.4, 0.5) is 8.78 Å². The molecule has 0 spiro atoms. The van der Waals surface area contributed by atoms with E-state index in [4.69, 9.17) is 0 Å². The molecule has 1 aromatic heterocycles. The van der Waals surface area contributed by atoms with Crippen LogP contribution in [0.1, 0.15) is 34.9 Å². The van der Waals surface area contributed by atoms with E-state index in [9.17, 15) is 8.78 Å². The summed E-state index contributed by atoms with van der Waals surface area (Å²) in [7, 11) is 0. The Morgan fingerprint density at radius 3 is 2.71 bits per heavy atom. The number of halogens is 3. The van der Waals surface area contributed by atoms with E-state index in [1.807, 2.05) is 26.1 Å². The van der Waals surface area contributed by atoms with Crippen molar-refractivity contribution >= 4 is 41.3 Å². The Balaban J connectivity index is 0.00000392. The Labute approximate surface area is 186 Å². The van der Waals surface area contributed by atoms with Gasteiger partial charge in [0.25, 0.3) is 0 Å². The Kier molecular flexibility index (Phi) is 11.3. The van der Waals surface area contributed by atoms with Crippen LogP contribution in [-0.2, 0) is 19.4 Å². The average Bonchev–Trinajstić information content (AvgIpc) is 3.09. The van der Waals surface area contributed by atoms with E-state index < -0.39 is 6.61 Å². The molecular weight excluding hydrogens is 497 g/mol. The number of ether oxygens (including phenoxy) is 1. The molecule has 1 heterocycles. The summed E-state index contributed by atoms with van der Waals surface area (Å²) in [4.78, 5) is 10.2. The highest BCUT2D eigenvalue weighted by atomic mass is 127. The van der Waals surface area contributed by atoms with Gasteiger partial charge in [-0.3, -0.25) is 0 Å². The van der Waals surface area contributed by atoms with E-state index in [2.05, 4.69) is 32.3 Å². The first kappa shape index (κ1) is 24.5. The number of thiazole rings is 1. The van der Waals surface area contributed by atoms with Gasteiger partial charge in [0.1, 0.15) is 5.75 Å². The second-order valence-electron chi connectivity index (χ2n) is 5.94. The third-order valence-corrected chi connectivity index (χ3v) is 4.97. The highest BCUT2D eigenvalue weighted by Crippen LogP contribution is 2.23. The van der Waals surface area contributed by atoms with Crippen LogP contribution in [0.5, 0.6) is 5.75 Å². The van der Waals surface area contributed by atoms with Gasteiger partial charge in [-0.1, -0.05) is 24.6 Å². The van der Waals surface area contributed by atoms with Crippen LogP contribution < -0.4 is 15.4 Å². The third-order valence-electron chi connectivity index (χ3n) is 3.76. The first-order valence-corrected chi connectivity index (χ1v) is 9.83. The standard InChI is InChI=1S/C19H26F2N4OS.HI/c1-4-15-12-24-17(27-15)8-9-23-19(22-5-2)25-11-14-10-13(3)6-7-16(14)26-18(20)21;/h6-7,10,12,18H,4-5,8-9,11H2,1-3H3,(H2,22,23,25);1H. The minimum absolute atomic E-state index is 0. The molecular formula is C19H27F2IN4OS. The molecule has 0 radical (unpaired) electrons. The van der Waals surface area contributed by atoms with Crippen molar-refractivity contribution in [3.63, 3.8) is 0 Å². The quantitative estimate of drug-likeness (QED) is 0.288. The van der Waals surface area contributed by atoms with Crippen molar-refractivity contribution in [2.24, 2.45) is 4.99 Å². The van der Waals surface area contributed by atoms with Crippen LogP contribution in [0, 0.1) is 6.92 Å². The van der Waals surface area contributed by atoms with Gasteiger partial charge < -0.3 is 15.4 Å². The van der Waals surface area contributed by atoms with Gasteiger partial charge >= 0.3 is 6.61 Å². The smallest absolute Gasteiger partial charge is 0.387 e. The highest BCUT2D eigenvalue weighted by Gasteiger charge is 2.10. The summed E-state index contributed by atoms with van der Waals surface area (Å²) in [6.45, 7) is 4.78. The molecule has 2 aromatic rings. The molecule has 156 valence electrons. The lowest BCUT2D eigenvalue weighted by molar-refractivity contribution is -0.0504. The van der Waals surface area contributed by atoms with E-state index in [1.165, 1.54) is 4.88 Å². The monoisotopic (exact) mass is 524 g/mol. The number of nitrogens with one attached hydrogen (secondary N) is 2. The van der Waals surface area contributed by atoms with E-state index in [0.717, 1.165) is 23.4 Å². The third kappa shape index (κ3) is 8.26. The Morgan fingerprint density at radius 2 is 2.07 bits per heavy atom. The van der Waals surface area contributed by atoms with Gasteiger partial charge in [-0.25, -0.2) is 9.98 Å². The molecule has 0 aliphatic heterocycles. The maximum Gasteiger partial charge on any atom is 0.387 e. The Morgan fingerprint density at radius 1 is 1.29 bits per heavy atom. The number of alkyl halides is 2. The maximum absolute atomic E-state index is 12.6.